The van der Waals surface area contributed by atoms with E-state index < -0.39 is 0 Å². The Hall–Kier alpha value is -3.98. The van der Waals surface area contributed by atoms with Crippen LogP contribution >= 0.6 is 0 Å². The largest absolute Gasteiger partial charge is 0.457 e. The van der Waals surface area contributed by atoms with Crippen LogP contribution in [0.1, 0.15) is 31.8 Å². The number of carbonyl (C=O) groups is 2. The van der Waals surface area contributed by atoms with E-state index in [1.165, 1.54) is 0 Å². The molecule has 4 aromatic carbocycles. The molecule has 0 radical (unpaired) electrons. The zero-order chi connectivity index (χ0) is 20.1. The van der Waals surface area contributed by atoms with E-state index in [-0.39, 0.29) is 11.6 Å². The van der Waals surface area contributed by atoms with Crippen molar-refractivity contribution in [2.45, 2.75) is 0 Å². The number of benzene rings is 4. The van der Waals surface area contributed by atoms with E-state index in [4.69, 9.17) is 4.74 Å². The number of ketones is 2. The minimum atomic E-state index is -0.102. The molecule has 0 atom stereocenters. The van der Waals surface area contributed by atoms with Gasteiger partial charge in [-0.1, -0.05) is 72.8 Å². The standard InChI is InChI=1S/C26H18O3/c27-25(19-7-3-1-4-8-19)20-11-13-21(14-12-20)26(28)22-15-17-24(18-16-22)29-23-9-5-2-6-10-23/h1-18H. The predicted molar refractivity (Wildman–Crippen MR) is 113 cm³/mol. The molecule has 0 aliphatic rings. The third-order valence-corrected chi connectivity index (χ3v) is 4.54. The SMILES string of the molecule is O=C(c1ccccc1)c1ccc(C(=O)c2ccc(Oc3ccccc3)cc2)cc1. The van der Waals surface area contributed by atoms with Gasteiger partial charge in [-0.05, 0) is 36.4 Å². The Balaban J connectivity index is 1.47. The van der Waals surface area contributed by atoms with Crippen molar-refractivity contribution in [3.05, 3.63) is 131 Å². The van der Waals surface area contributed by atoms with Gasteiger partial charge in [0.15, 0.2) is 11.6 Å². The lowest BCUT2D eigenvalue weighted by molar-refractivity contribution is 0.102. The van der Waals surface area contributed by atoms with Gasteiger partial charge in [0.1, 0.15) is 11.5 Å². The van der Waals surface area contributed by atoms with Crippen LogP contribution < -0.4 is 4.74 Å². The van der Waals surface area contributed by atoms with Crippen molar-refractivity contribution in [2.75, 3.05) is 0 Å². The van der Waals surface area contributed by atoms with Gasteiger partial charge in [-0.15, -0.1) is 0 Å². The molecule has 0 heterocycles. The Morgan fingerprint density at radius 1 is 0.414 bits per heavy atom. The smallest absolute Gasteiger partial charge is 0.193 e. The zero-order valence-corrected chi connectivity index (χ0v) is 15.6. The lowest BCUT2D eigenvalue weighted by Crippen LogP contribution is -2.04. The summed E-state index contributed by atoms with van der Waals surface area (Å²) in [5.41, 5.74) is 2.28. The van der Waals surface area contributed by atoms with E-state index in [9.17, 15) is 9.59 Å². The molecule has 0 aromatic heterocycles. The predicted octanol–water partition coefficient (Wildman–Crippen LogP) is 5.94. The summed E-state index contributed by atoms with van der Waals surface area (Å²) >= 11 is 0. The molecular weight excluding hydrogens is 360 g/mol. The van der Waals surface area contributed by atoms with Crippen molar-refractivity contribution in [3.63, 3.8) is 0 Å². The third kappa shape index (κ3) is 4.30. The average Bonchev–Trinajstić information content (AvgIpc) is 2.80. The molecule has 29 heavy (non-hydrogen) atoms. The summed E-state index contributed by atoms with van der Waals surface area (Å²) in [4.78, 5) is 25.2. The molecule has 0 saturated carbocycles. The molecule has 0 N–H and O–H groups in total. The van der Waals surface area contributed by atoms with Crippen LogP contribution in [0.2, 0.25) is 0 Å². The lowest BCUT2D eigenvalue weighted by Gasteiger charge is -2.07. The summed E-state index contributed by atoms with van der Waals surface area (Å²) in [6.45, 7) is 0. The molecule has 0 bridgehead atoms. The number of hydrogen-bond donors (Lipinski definition) is 0. The van der Waals surface area contributed by atoms with Crippen molar-refractivity contribution in [1.29, 1.82) is 0 Å². The quantitative estimate of drug-likeness (QED) is 0.390. The average molecular weight is 378 g/mol. The minimum Gasteiger partial charge on any atom is -0.457 e. The van der Waals surface area contributed by atoms with Gasteiger partial charge in [-0.2, -0.15) is 0 Å². The highest BCUT2D eigenvalue weighted by Gasteiger charge is 2.12. The molecule has 0 aliphatic heterocycles. The summed E-state index contributed by atoms with van der Waals surface area (Å²) in [6.07, 6.45) is 0. The Kier molecular flexibility index (Phi) is 5.30. The molecule has 0 spiro atoms. The van der Waals surface area contributed by atoms with Gasteiger partial charge >= 0.3 is 0 Å². The second-order valence-corrected chi connectivity index (χ2v) is 6.54. The molecule has 4 rings (SSSR count). The van der Waals surface area contributed by atoms with Crippen molar-refractivity contribution in [2.24, 2.45) is 0 Å². The number of carbonyl (C=O) groups excluding carboxylic acids is 2. The van der Waals surface area contributed by atoms with E-state index in [2.05, 4.69) is 0 Å². The minimum absolute atomic E-state index is 0.0630. The van der Waals surface area contributed by atoms with E-state index in [0.29, 0.717) is 28.0 Å². The first kappa shape index (κ1) is 18.4. The van der Waals surface area contributed by atoms with E-state index in [0.717, 1.165) is 5.75 Å². The fourth-order valence-electron chi connectivity index (χ4n) is 2.99. The summed E-state index contributed by atoms with van der Waals surface area (Å²) < 4.78 is 5.75. The topological polar surface area (TPSA) is 43.4 Å². The highest BCUT2D eigenvalue weighted by molar-refractivity contribution is 6.11. The first-order valence-corrected chi connectivity index (χ1v) is 9.28. The van der Waals surface area contributed by atoms with Gasteiger partial charge in [-0.3, -0.25) is 9.59 Å². The fraction of sp³-hybridized carbons (Fsp3) is 0. The Labute approximate surface area is 169 Å². The van der Waals surface area contributed by atoms with Gasteiger partial charge in [-0.25, -0.2) is 0 Å². The van der Waals surface area contributed by atoms with Crippen LogP contribution in [0.3, 0.4) is 0 Å². The van der Waals surface area contributed by atoms with Crippen LogP contribution in [-0.2, 0) is 0 Å². The van der Waals surface area contributed by atoms with E-state index >= 15 is 0 Å². The maximum absolute atomic E-state index is 12.7. The number of para-hydroxylation sites is 1. The van der Waals surface area contributed by atoms with Crippen molar-refractivity contribution >= 4 is 11.6 Å². The molecule has 4 aromatic rings. The maximum Gasteiger partial charge on any atom is 0.193 e. The van der Waals surface area contributed by atoms with Crippen LogP contribution in [-0.4, -0.2) is 11.6 Å². The Morgan fingerprint density at radius 3 is 1.24 bits per heavy atom. The summed E-state index contributed by atoms with van der Waals surface area (Å²) in [6, 6.07) is 32.3. The molecule has 0 saturated heterocycles. The molecule has 3 heteroatoms. The zero-order valence-electron chi connectivity index (χ0n) is 15.6. The highest BCUT2D eigenvalue weighted by Crippen LogP contribution is 2.22. The molecule has 3 nitrogen and oxygen atoms in total. The second kappa shape index (κ2) is 8.36. The summed E-state index contributed by atoms with van der Waals surface area (Å²) in [5.74, 6) is 1.24. The van der Waals surface area contributed by atoms with E-state index in [1.54, 1.807) is 60.7 Å². The molecule has 0 aliphatic carbocycles. The fourth-order valence-corrected chi connectivity index (χ4v) is 2.99. The number of ether oxygens (including phenoxy) is 1. The van der Waals surface area contributed by atoms with Crippen LogP contribution in [0.4, 0.5) is 0 Å². The molecular formula is C26H18O3. The van der Waals surface area contributed by atoms with Gasteiger partial charge in [0.25, 0.3) is 0 Å². The Morgan fingerprint density at radius 2 is 0.759 bits per heavy atom. The molecule has 140 valence electrons. The Bertz CT molecular complexity index is 1110. The lowest BCUT2D eigenvalue weighted by atomic mass is 9.98. The highest BCUT2D eigenvalue weighted by atomic mass is 16.5. The first-order valence-electron chi connectivity index (χ1n) is 9.28. The molecule has 0 amide bonds. The van der Waals surface area contributed by atoms with E-state index in [1.807, 2.05) is 48.5 Å². The number of hydrogen-bond acceptors (Lipinski definition) is 3. The second-order valence-electron chi connectivity index (χ2n) is 6.54. The normalized spacial score (nSPS) is 10.3. The summed E-state index contributed by atoms with van der Waals surface area (Å²) in [5, 5.41) is 0. The van der Waals surface area contributed by atoms with Crippen LogP contribution in [0.5, 0.6) is 11.5 Å². The number of rotatable bonds is 6. The van der Waals surface area contributed by atoms with Gasteiger partial charge in [0, 0.05) is 22.3 Å². The van der Waals surface area contributed by atoms with Gasteiger partial charge < -0.3 is 4.74 Å². The first-order chi connectivity index (χ1) is 14.2. The van der Waals surface area contributed by atoms with Crippen molar-refractivity contribution in [1.82, 2.24) is 0 Å². The van der Waals surface area contributed by atoms with Crippen LogP contribution in [0.25, 0.3) is 0 Å². The van der Waals surface area contributed by atoms with Crippen molar-refractivity contribution < 1.29 is 14.3 Å². The third-order valence-electron chi connectivity index (χ3n) is 4.54. The maximum atomic E-state index is 12.7. The van der Waals surface area contributed by atoms with Crippen LogP contribution in [0.15, 0.2) is 109 Å². The molecule has 0 unspecified atom stereocenters. The van der Waals surface area contributed by atoms with Gasteiger partial charge in [0.05, 0.1) is 0 Å². The van der Waals surface area contributed by atoms with Crippen LogP contribution in [0, 0.1) is 0 Å². The van der Waals surface area contributed by atoms with Gasteiger partial charge in [0.2, 0.25) is 0 Å². The molecule has 0 fully saturated rings. The monoisotopic (exact) mass is 378 g/mol. The summed E-state index contributed by atoms with van der Waals surface area (Å²) in [7, 11) is 0. The van der Waals surface area contributed by atoms with Crippen molar-refractivity contribution in [3.8, 4) is 11.5 Å².